The monoisotopic (exact) mass is 380 g/mol. The molecule has 1 aromatic carbocycles. The Morgan fingerprint density at radius 3 is 2.57 bits per heavy atom. The fourth-order valence-electron chi connectivity index (χ4n) is 3.30. The summed E-state index contributed by atoms with van der Waals surface area (Å²) < 4.78 is 10.6. The molecule has 0 bridgehead atoms. The summed E-state index contributed by atoms with van der Waals surface area (Å²) in [5.74, 6) is 0.921. The van der Waals surface area contributed by atoms with E-state index in [0.29, 0.717) is 42.9 Å². The molecule has 0 radical (unpaired) electrons. The van der Waals surface area contributed by atoms with E-state index in [0.717, 1.165) is 11.5 Å². The number of para-hydroxylation sites is 1. The highest BCUT2D eigenvalue weighted by molar-refractivity contribution is 5.97. The van der Waals surface area contributed by atoms with Gasteiger partial charge in [-0.15, -0.1) is 5.10 Å². The van der Waals surface area contributed by atoms with Crippen LogP contribution in [-0.4, -0.2) is 54.3 Å². The zero-order valence-corrected chi connectivity index (χ0v) is 15.7. The first-order valence-electron chi connectivity index (χ1n) is 9.02. The van der Waals surface area contributed by atoms with Gasteiger partial charge in [0.25, 0.3) is 5.91 Å². The zero-order chi connectivity index (χ0) is 19.7. The highest BCUT2D eigenvalue weighted by atomic mass is 16.5. The minimum atomic E-state index is -0.658. The molecule has 1 saturated heterocycles. The fraction of sp³-hybridized carbons (Fsp3) is 0.300. The first kappa shape index (κ1) is 18.0. The van der Waals surface area contributed by atoms with Gasteiger partial charge in [-0.25, -0.2) is 4.79 Å². The number of aromatic nitrogens is 2. The van der Waals surface area contributed by atoms with Crippen LogP contribution in [0.5, 0.6) is 5.75 Å². The molecule has 0 N–H and O–H groups in total. The van der Waals surface area contributed by atoms with E-state index in [4.69, 9.17) is 9.15 Å². The molecule has 8 heteroatoms. The number of hydrogen-bond acceptors (Lipinski definition) is 7. The van der Waals surface area contributed by atoms with Gasteiger partial charge in [-0.2, -0.15) is 5.10 Å². The molecule has 1 fully saturated rings. The lowest BCUT2D eigenvalue weighted by Gasteiger charge is -2.35. The second kappa shape index (κ2) is 7.30. The highest BCUT2D eigenvalue weighted by Gasteiger charge is 2.26. The molecule has 3 heterocycles. The van der Waals surface area contributed by atoms with Crippen molar-refractivity contribution in [3.8, 4) is 5.75 Å². The van der Waals surface area contributed by atoms with Gasteiger partial charge in [0.1, 0.15) is 5.56 Å². The standard InChI is InChI=1S/C20H20N4O4/c1-13-6-7-17(22-21-13)23-8-10-24(11-9-23)19(25)15-12-14-4-3-5-16(27-2)18(14)28-20(15)26/h3-7,12H,8-11H2,1-2H3. The van der Waals surface area contributed by atoms with Gasteiger partial charge in [-0.05, 0) is 31.2 Å². The van der Waals surface area contributed by atoms with Gasteiger partial charge in [0.15, 0.2) is 17.2 Å². The largest absolute Gasteiger partial charge is 0.493 e. The SMILES string of the molecule is COc1cccc2cc(C(=O)N3CCN(c4ccc(C)nn4)CC3)c(=O)oc12. The van der Waals surface area contributed by atoms with Crippen molar-refractivity contribution in [1.82, 2.24) is 15.1 Å². The molecule has 0 saturated carbocycles. The third-order valence-corrected chi connectivity index (χ3v) is 4.85. The van der Waals surface area contributed by atoms with Crippen LogP contribution in [0.3, 0.4) is 0 Å². The second-order valence-electron chi connectivity index (χ2n) is 6.64. The molecule has 1 aliphatic heterocycles. The number of methoxy groups -OCH3 is 1. The molecule has 3 aromatic rings. The number of rotatable bonds is 3. The maximum absolute atomic E-state index is 12.9. The summed E-state index contributed by atoms with van der Waals surface area (Å²) in [6, 6.07) is 10.7. The Kier molecular flexibility index (Phi) is 4.68. The van der Waals surface area contributed by atoms with Crippen LogP contribution in [0.25, 0.3) is 11.0 Å². The third kappa shape index (κ3) is 3.28. The number of carbonyl (C=O) groups is 1. The van der Waals surface area contributed by atoms with E-state index in [9.17, 15) is 9.59 Å². The number of carbonyl (C=O) groups excluding carboxylic acids is 1. The van der Waals surface area contributed by atoms with Crippen molar-refractivity contribution in [3.05, 3.63) is 58.1 Å². The Labute approximate surface area is 161 Å². The van der Waals surface area contributed by atoms with E-state index in [1.54, 1.807) is 29.2 Å². The predicted octanol–water partition coefficient (Wildman–Crippen LogP) is 1.86. The molecule has 4 rings (SSSR count). The minimum absolute atomic E-state index is 0.0318. The summed E-state index contributed by atoms with van der Waals surface area (Å²) in [7, 11) is 1.51. The van der Waals surface area contributed by atoms with E-state index in [1.807, 2.05) is 19.1 Å². The van der Waals surface area contributed by atoms with E-state index < -0.39 is 5.63 Å². The average molecular weight is 380 g/mol. The van der Waals surface area contributed by atoms with Gasteiger partial charge in [-0.1, -0.05) is 12.1 Å². The Hall–Kier alpha value is -3.42. The van der Waals surface area contributed by atoms with Crippen molar-refractivity contribution in [2.75, 3.05) is 38.2 Å². The molecular weight excluding hydrogens is 360 g/mol. The molecule has 0 aliphatic carbocycles. The third-order valence-electron chi connectivity index (χ3n) is 4.85. The Bertz CT molecular complexity index is 1070. The number of benzene rings is 1. The molecular formula is C20H20N4O4. The van der Waals surface area contributed by atoms with Crippen LogP contribution in [0.1, 0.15) is 16.1 Å². The van der Waals surface area contributed by atoms with Crippen molar-refractivity contribution in [2.45, 2.75) is 6.92 Å². The van der Waals surface area contributed by atoms with Gasteiger partial charge in [0.05, 0.1) is 12.8 Å². The maximum atomic E-state index is 12.9. The molecule has 0 spiro atoms. The van der Waals surface area contributed by atoms with Crippen molar-refractivity contribution < 1.29 is 13.9 Å². The summed E-state index contributed by atoms with van der Waals surface area (Å²) >= 11 is 0. The van der Waals surface area contributed by atoms with Crippen LogP contribution in [0.2, 0.25) is 0 Å². The summed E-state index contributed by atoms with van der Waals surface area (Å²) in [5.41, 5.74) is 0.574. The van der Waals surface area contributed by atoms with E-state index >= 15 is 0 Å². The number of hydrogen-bond donors (Lipinski definition) is 0. The minimum Gasteiger partial charge on any atom is -0.493 e. The number of fused-ring (bicyclic) bond motifs is 1. The quantitative estimate of drug-likeness (QED) is 0.641. The Morgan fingerprint density at radius 2 is 1.89 bits per heavy atom. The van der Waals surface area contributed by atoms with Crippen molar-refractivity contribution in [2.24, 2.45) is 0 Å². The summed E-state index contributed by atoms with van der Waals surface area (Å²) in [5, 5.41) is 8.91. The van der Waals surface area contributed by atoms with E-state index in [1.165, 1.54) is 7.11 Å². The van der Waals surface area contributed by atoms with Gasteiger partial charge < -0.3 is 19.0 Å². The summed E-state index contributed by atoms with van der Waals surface area (Å²) in [6.45, 7) is 4.11. The van der Waals surface area contributed by atoms with Gasteiger partial charge in [-0.3, -0.25) is 4.79 Å². The van der Waals surface area contributed by atoms with Gasteiger partial charge in [0.2, 0.25) is 0 Å². The number of anilines is 1. The molecule has 2 aromatic heterocycles. The maximum Gasteiger partial charge on any atom is 0.349 e. The molecule has 1 aliphatic rings. The van der Waals surface area contributed by atoms with Crippen LogP contribution in [-0.2, 0) is 0 Å². The van der Waals surface area contributed by atoms with Crippen molar-refractivity contribution in [3.63, 3.8) is 0 Å². The number of piperazine rings is 1. The van der Waals surface area contributed by atoms with Crippen LogP contribution in [0.4, 0.5) is 5.82 Å². The normalized spacial score (nSPS) is 14.4. The predicted molar refractivity (Wildman–Crippen MR) is 104 cm³/mol. The number of aryl methyl sites for hydroxylation is 1. The van der Waals surface area contributed by atoms with E-state index in [-0.39, 0.29) is 11.5 Å². The second-order valence-corrected chi connectivity index (χ2v) is 6.64. The van der Waals surface area contributed by atoms with Crippen LogP contribution in [0.15, 0.2) is 45.6 Å². The zero-order valence-electron chi connectivity index (χ0n) is 15.7. The molecule has 0 unspecified atom stereocenters. The molecule has 144 valence electrons. The van der Waals surface area contributed by atoms with Crippen LogP contribution >= 0.6 is 0 Å². The van der Waals surface area contributed by atoms with Gasteiger partial charge in [0, 0.05) is 31.6 Å². The molecule has 0 atom stereocenters. The first-order valence-corrected chi connectivity index (χ1v) is 9.02. The highest BCUT2D eigenvalue weighted by Crippen LogP contribution is 2.25. The topological polar surface area (TPSA) is 88.8 Å². The first-order chi connectivity index (χ1) is 13.6. The molecule has 1 amide bonds. The van der Waals surface area contributed by atoms with Crippen LogP contribution in [0, 0.1) is 6.92 Å². The van der Waals surface area contributed by atoms with Crippen LogP contribution < -0.4 is 15.3 Å². The van der Waals surface area contributed by atoms with Crippen molar-refractivity contribution >= 4 is 22.7 Å². The lowest BCUT2D eigenvalue weighted by molar-refractivity contribution is 0.0742. The number of amides is 1. The van der Waals surface area contributed by atoms with Crippen molar-refractivity contribution in [1.29, 1.82) is 0 Å². The molecule has 28 heavy (non-hydrogen) atoms. The number of nitrogens with zero attached hydrogens (tertiary/aromatic N) is 4. The lowest BCUT2D eigenvalue weighted by Crippen LogP contribution is -2.49. The average Bonchev–Trinajstić information content (AvgIpc) is 2.73. The Balaban J connectivity index is 1.53. The summed E-state index contributed by atoms with van der Waals surface area (Å²) in [4.78, 5) is 29.0. The molecule has 8 nitrogen and oxygen atoms in total. The number of ether oxygens (including phenoxy) is 1. The van der Waals surface area contributed by atoms with E-state index in [2.05, 4.69) is 15.1 Å². The van der Waals surface area contributed by atoms with Gasteiger partial charge >= 0.3 is 5.63 Å². The smallest absolute Gasteiger partial charge is 0.349 e. The lowest BCUT2D eigenvalue weighted by atomic mass is 10.1. The summed E-state index contributed by atoms with van der Waals surface area (Å²) in [6.07, 6.45) is 0. The Morgan fingerprint density at radius 1 is 1.11 bits per heavy atom. The fourth-order valence-corrected chi connectivity index (χ4v) is 3.30.